The van der Waals surface area contributed by atoms with Crippen molar-refractivity contribution in [3.63, 3.8) is 0 Å². The molecule has 0 fully saturated rings. The van der Waals surface area contributed by atoms with Crippen LogP contribution in [0.15, 0.2) is 24.3 Å². The smallest absolute Gasteiger partial charge is 0.230 e. The summed E-state index contributed by atoms with van der Waals surface area (Å²) in [7, 11) is 0. The van der Waals surface area contributed by atoms with E-state index in [1.807, 2.05) is 0 Å². The van der Waals surface area contributed by atoms with Crippen LogP contribution in [0.5, 0.6) is 0 Å². The second-order valence-electron chi connectivity index (χ2n) is 3.93. The van der Waals surface area contributed by atoms with Gasteiger partial charge >= 0.3 is 0 Å². The summed E-state index contributed by atoms with van der Waals surface area (Å²) in [4.78, 5) is 20.5. The van der Waals surface area contributed by atoms with E-state index in [1.54, 1.807) is 38.1 Å². The van der Waals surface area contributed by atoms with Gasteiger partial charge in [-0.25, -0.2) is 9.97 Å². The van der Waals surface area contributed by atoms with E-state index < -0.39 is 0 Å². The van der Waals surface area contributed by atoms with E-state index in [0.717, 1.165) is 11.1 Å². The summed E-state index contributed by atoms with van der Waals surface area (Å²) >= 11 is 11.6. The maximum absolute atomic E-state index is 12.4. The first-order valence-electron chi connectivity index (χ1n) is 5.30. The highest BCUT2D eigenvalue weighted by Gasteiger charge is 2.18. The molecule has 18 heavy (non-hydrogen) atoms. The van der Waals surface area contributed by atoms with E-state index in [-0.39, 0.29) is 16.1 Å². The molecule has 2 heterocycles. The zero-order valence-corrected chi connectivity index (χ0v) is 11.4. The van der Waals surface area contributed by atoms with Crippen LogP contribution >= 0.6 is 23.2 Å². The average Bonchev–Trinajstić information content (AvgIpc) is 2.34. The molecular formula is C13H10Cl2N2O. The molecule has 0 aliphatic heterocycles. The Hall–Kier alpha value is -1.45. The lowest BCUT2D eigenvalue weighted by atomic mass is 10.1. The molecule has 2 rings (SSSR count). The van der Waals surface area contributed by atoms with E-state index >= 15 is 0 Å². The maximum atomic E-state index is 12.4. The molecule has 2 aromatic rings. The Labute approximate surface area is 115 Å². The first-order chi connectivity index (χ1) is 8.49. The number of ketones is 1. The van der Waals surface area contributed by atoms with Crippen molar-refractivity contribution in [2.24, 2.45) is 0 Å². The molecule has 0 spiro atoms. The van der Waals surface area contributed by atoms with Gasteiger partial charge in [-0.1, -0.05) is 35.3 Å². The van der Waals surface area contributed by atoms with Gasteiger partial charge in [0.25, 0.3) is 0 Å². The molecule has 0 aliphatic rings. The van der Waals surface area contributed by atoms with Gasteiger partial charge in [-0.2, -0.15) is 0 Å². The summed E-state index contributed by atoms with van der Waals surface area (Å²) in [6.45, 7) is 3.60. The van der Waals surface area contributed by atoms with Crippen LogP contribution in [0.1, 0.15) is 27.3 Å². The molecule has 3 nitrogen and oxygen atoms in total. The topological polar surface area (TPSA) is 42.9 Å². The van der Waals surface area contributed by atoms with E-state index in [0.29, 0.717) is 11.4 Å². The van der Waals surface area contributed by atoms with Crippen molar-refractivity contribution < 1.29 is 4.79 Å². The highest BCUT2D eigenvalue weighted by molar-refractivity contribution is 6.30. The van der Waals surface area contributed by atoms with Gasteiger partial charge in [0.2, 0.25) is 5.78 Å². The highest BCUT2D eigenvalue weighted by Crippen LogP contribution is 2.18. The van der Waals surface area contributed by atoms with Gasteiger partial charge < -0.3 is 0 Å². The highest BCUT2D eigenvalue weighted by atomic mass is 35.5. The van der Waals surface area contributed by atoms with Gasteiger partial charge in [0.05, 0.1) is 0 Å². The molecule has 0 radical (unpaired) electrons. The van der Waals surface area contributed by atoms with Crippen molar-refractivity contribution >= 4 is 29.0 Å². The van der Waals surface area contributed by atoms with Crippen LogP contribution in [0.3, 0.4) is 0 Å². The largest absolute Gasteiger partial charge is 0.285 e. The molecule has 0 aromatic carbocycles. The van der Waals surface area contributed by atoms with Gasteiger partial charge in [-0.05, 0) is 37.1 Å². The number of aromatic nitrogens is 2. The van der Waals surface area contributed by atoms with Crippen LogP contribution in [0, 0.1) is 13.8 Å². The Balaban J connectivity index is 2.54. The minimum Gasteiger partial charge on any atom is -0.285 e. The fraction of sp³-hybridized carbons (Fsp3) is 0.154. The molecule has 0 atom stereocenters. The SMILES string of the molecule is Cc1ccc(Cl)nc1C(=O)c1nc(Cl)ccc1C. The number of carbonyl (C=O) groups excluding carboxylic acids is 1. The van der Waals surface area contributed by atoms with E-state index in [1.165, 1.54) is 0 Å². The fourth-order valence-corrected chi connectivity index (χ4v) is 1.88. The number of aryl methyl sites for hydroxylation is 2. The standard InChI is InChI=1S/C13H10Cl2N2O/c1-7-3-5-9(14)16-11(7)13(18)12-8(2)4-6-10(15)17-12/h3-6H,1-2H3. The summed E-state index contributed by atoms with van der Waals surface area (Å²) in [6, 6.07) is 6.79. The Morgan fingerprint density at radius 2 is 1.28 bits per heavy atom. The number of hydrogen-bond donors (Lipinski definition) is 0. The van der Waals surface area contributed by atoms with E-state index in [2.05, 4.69) is 9.97 Å². The fourth-order valence-electron chi connectivity index (χ4n) is 1.58. The normalized spacial score (nSPS) is 10.4. The van der Waals surface area contributed by atoms with E-state index in [4.69, 9.17) is 23.2 Å². The number of nitrogens with zero attached hydrogens (tertiary/aromatic N) is 2. The van der Waals surface area contributed by atoms with Crippen LogP contribution in [-0.4, -0.2) is 15.8 Å². The molecule has 0 aliphatic carbocycles. The van der Waals surface area contributed by atoms with Gasteiger partial charge in [0.1, 0.15) is 21.7 Å². The van der Waals surface area contributed by atoms with Crippen LogP contribution < -0.4 is 0 Å². The van der Waals surface area contributed by atoms with Gasteiger partial charge in [0.15, 0.2) is 0 Å². The lowest BCUT2D eigenvalue weighted by molar-refractivity contribution is 0.102. The first kappa shape index (κ1) is 13.0. The monoisotopic (exact) mass is 280 g/mol. The second-order valence-corrected chi connectivity index (χ2v) is 4.70. The molecule has 0 saturated carbocycles. The zero-order chi connectivity index (χ0) is 13.3. The van der Waals surface area contributed by atoms with Crippen molar-refractivity contribution in [2.75, 3.05) is 0 Å². The molecule has 0 unspecified atom stereocenters. The molecular weight excluding hydrogens is 271 g/mol. The maximum Gasteiger partial charge on any atom is 0.230 e. The Morgan fingerprint density at radius 1 is 0.889 bits per heavy atom. The quantitative estimate of drug-likeness (QED) is 0.623. The number of pyridine rings is 2. The molecule has 0 N–H and O–H groups in total. The summed E-state index contributed by atoms with van der Waals surface area (Å²) in [6.07, 6.45) is 0. The van der Waals surface area contributed by atoms with Crippen LogP contribution in [0.4, 0.5) is 0 Å². The van der Waals surface area contributed by atoms with Gasteiger partial charge in [-0.3, -0.25) is 4.79 Å². The molecule has 0 bridgehead atoms. The third kappa shape index (κ3) is 2.52. The summed E-state index contributed by atoms with van der Waals surface area (Å²) < 4.78 is 0. The second kappa shape index (κ2) is 5.04. The predicted octanol–water partition coefficient (Wildman–Crippen LogP) is 3.63. The molecule has 0 saturated heterocycles. The predicted molar refractivity (Wildman–Crippen MR) is 71.4 cm³/mol. The van der Waals surface area contributed by atoms with Crippen LogP contribution in [-0.2, 0) is 0 Å². The number of hydrogen-bond acceptors (Lipinski definition) is 3. The number of rotatable bonds is 2. The summed E-state index contributed by atoms with van der Waals surface area (Å²) in [5.74, 6) is -0.269. The molecule has 5 heteroatoms. The lowest BCUT2D eigenvalue weighted by Gasteiger charge is -2.06. The van der Waals surface area contributed by atoms with Crippen molar-refractivity contribution in [2.45, 2.75) is 13.8 Å². The van der Waals surface area contributed by atoms with Crippen LogP contribution in [0.2, 0.25) is 10.3 Å². The summed E-state index contributed by atoms with van der Waals surface area (Å²) in [5, 5.41) is 0.562. The molecule has 92 valence electrons. The van der Waals surface area contributed by atoms with Gasteiger partial charge in [-0.15, -0.1) is 0 Å². The zero-order valence-electron chi connectivity index (χ0n) is 9.87. The average molecular weight is 281 g/mol. The lowest BCUT2D eigenvalue weighted by Crippen LogP contribution is -2.10. The van der Waals surface area contributed by atoms with Gasteiger partial charge in [0, 0.05) is 0 Å². The van der Waals surface area contributed by atoms with Crippen molar-refractivity contribution in [1.82, 2.24) is 9.97 Å². The van der Waals surface area contributed by atoms with E-state index in [9.17, 15) is 4.79 Å². The van der Waals surface area contributed by atoms with Crippen molar-refractivity contribution in [1.29, 1.82) is 0 Å². The Morgan fingerprint density at radius 3 is 1.67 bits per heavy atom. The third-order valence-electron chi connectivity index (χ3n) is 2.56. The third-order valence-corrected chi connectivity index (χ3v) is 2.98. The molecule has 2 aromatic heterocycles. The minimum absolute atomic E-state index is 0.269. The first-order valence-corrected chi connectivity index (χ1v) is 6.05. The van der Waals surface area contributed by atoms with Crippen molar-refractivity contribution in [3.8, 4) is 0 Å². The van der Waals surface area contributed by atoms with Crippen LogP contribution in [0.25, 0.3) is 0 Å². The molecule has 0 amide bonds. The summed E-state index contributed by atoms with van der Waals surface area (Å²) in [5.41, 5.74) is 2.12. The Bertz CT molecular complexity index is 573. The number of halogens is 2. The Kier molecular flexibility index (Phi) is 3.64. The minimum atomic E-state index is -0.269. The van der Waals surface area contributed by atoms with Crippen molar-refractivity contribution in [3.05, 3.63) is 57.1 Å². The number of carbonyl (C=O) groups is 1.